The van der Waals surface area contributed by atoms with Crippen molar-refractivity contribution in [2.75, 3.05) is 31.6 Å². The fourth-order valence-electron chi connectivity index (χ4n) is 2.00. The highest BCUT2D eigenvalue weighted by Crippen LogP contribution is 2.12. The van der Waals surface area contributed by atoms with Gasteiger partial charge in [0.25, 0.3) is 5.91 Å². The van der Waals surface area contributed by atoms with Crippen LogP contribution in [0.5, 0.6) is 0 Å². The predicted molar refractivity (Wildman–Crippen MR) is 84.6 cm³/mol. The van der Waals surface area contributed by atoms with E-state index in [1.165, 1.54) is 10.6 Å². The maximum Gasteiger partial charge on any atom is 0.251 e. The summed E-state index contributed by atoms with van der Waals surface area (Å²) in [5, 5.41) is 2.78. The van der Waals surface area contributed by atoms with Crippen molar-refractivity contribution >= 4 is 21.6 Å². The average molecular weight is 313 g/mol. The van der Waals surface area contributed by atoms with Gasteiger partial charge >= 0.3 is 0 Å². The Morgan fingerprint density at radius 1 is 1.38 bits per heavy atom. The van der Waals surface area contributed by atoms with Crippen LogP contribution in [0.2, 0.25) is 0 Å². The minimum absolute atomic E-state index is 0.192. The Morgan fingerprint density at radius 3 is 2.62 bits per heavy atom. The normalized spacial score (nSPS) is 11.6. The number of hydrogen-bond donors (Lipinski definition) is 2. The van der Waals surface area contributed by atoms with E-state index in [9.17, 15) is 13.2 Å². The van der Waals surface area contributed by atoms with Crippen LogP contribution in [-0.2, 0) is 10.0 Å². The zero-order chi connectivity index (χ0) is 16.0. The molecule has 0 spiro atoms. The van der Waals surface area contributed by atoms with Gasteiger partial charge in [0.05, 0.1) is 6.26 Å². The molecule has 1 amide bonds. The van der Waals surface area contributed by atoms with Gasteiger partial charge in [-0.15, -0.1) is 0 Å². The molecule has 0 atom stereocenters. The van der Waals surface area contributed by atoms with Crippen molar-refractivity contribution in [3.8, 4) is 0 Å². The van der Waals surface area contributed by atoms with Crippen LogP contribution >= 0.6 is 0 Å². The summed E-state index contributed by atoms with van der Waals surface area (Å²) in [5.74, 6) is -0.192. The fourth-order valence-corrected chi connectivity index (χ4v) is 2.93. The van der Waals surface area contributed by atoms with E-state index in [1.54, 1.807) is 25.1 Å². The molecular weight excluding hydrogens is 290 g/mol. The summed E-state index contributed by atoms with van der Waals surface area (Å²) < 4.78 is 24.2. The monoisotopic (exact) mass is 313 g/mol. The van der Waals surface area contributed by atoms with Gasteiger partial charge in [0.15, 0.2) is 0 Å². The van der Waals surface area contributed by atoms with E-state index in [4.69, 9.17) is 5.73 Å². The number of nitrogen functional groups attached to an aromatic ring is 1. The van der Waals surface area contributed by atoms with E-state index in [1.807, 2.05) is 6.92 Å². The first kappa shape index (κ1) is 17.5. The molecule has 118 valence electrons. The number of nitrogens with zero attached hydrogens (tertiary/aromatic N) is 1. The maximum absolute atomic E-state index is 12.0. The van der Waals surface area contributed by atoms with E-state index in [2.05, 4.69) is 5.32 Å². The SMILES string of the molecule is CCN(CCCNC(=O)c1cc(N)ccc1C)S(C)(=O)=O. The Labute approximate surface area is 126 Å². The van der Waals surface area contributed by atoms with E-state index >= 15 is 0 Å². The average Bonchev–Trinajstić information content (AvgIpc) is 2.39. The summed E-state index contributed by atoms with van der Waals surface area (Å²) in [6.45, 7) is 4.87. The molecular formula is C14H23N3O3S. The van der Waals surface area contributed by atoms with Gasteiger partial charge in [0.2, 0.25) is 10.0 Å². The molecule has 1 aromatic rings. The lowest BCUT2D eigenvalue weighted by atomic mass is 10.1. The van der Waals surface area contributed by atoms with Crippen molar-refractivity contribution in [2.24, 2.45) is 0 Å². The molecule has 0 aromatic heterocycles. The van der Waals surface area contributed by atoms with E-state index in [-0.39, 0.29) is 5.91 Å². The quantitative estimate of drug-likeness (QED) is 0.580. The summed E-state index contributed by atoms with van der Waals surface area (Å²) >= 11 is 0. The molecule has 0 radical (unpaired) electrons. The standard InChI is InChI=1S/C14H23N3O3S/c1-4-17(21(3,19)20)9-5-8-16-14(18)13-10-12(15)7-6-11(13)2/h6-7,10H,4-5,8-9,15H2,1-3H3,(H,16,18). The Morgan fingerprint density at radius 2 is 2.05 bits per heavy atom. The molecule has 0 saturated carbocycles. The molecule has 7 heteroatoms. The number of carbonyl (C=O) groups is 1. The molecule has 3 N–H and O–H groups in total. The molecule has 21 heavy (non-hydrogen) atoms. The zero-order valence-corrected chi connectivity index (χ0v) is 13.5. The molecule has 1 rings (SSSR count). The van der Waals surface area contributed by atoms with Crippen molar-refractivity contribution in [2.45, 2.75) is 20.3 Å². The summed E-state index contributed by atoms with van der Waals surface area (Å²) in [5.41, 5.74) is 7.62. The lowest BCUT2D eigenvalue weighted by molar-refractivity contribution is 0.0952. The van der Waals surface area contributed by atoms with Crippen LogP contribution in [0.3, 0.4) is 0 Å². The third-order valence-corrected chi connectivity index (χ3v) is 4.58. The lowest BCUT2D eigenvalue weighted by Crippen LogP contribution is -2.33. The minimum Gasteiger partial charge on any atom is -0.399 e. The van der Waals surface area contributed by atoms with Gasteiger partial charge in [-0.1, -0.05) is 13.0 Å². The number of carbonyl (C=O) groups excluding carboxylic acids is 1. The lowest BCUT2D eigenvalue weighted by Gasteiger charge is -2.17. The number of sulfonamides is 1. The van der Waals surface area contributed by atoms with Crippen molar-refractivity contribution < 1.29 is 13.2 Å². The molecule has 0 aliphatic carbocycles. The number of nitrogens with two attached hydrogens (primary N) is 1. The molecule has 0 aliphatic rings. The van der Waals surface area contributed by atoms with E-state index < -0.39 is 10.0 Å². The molecule has 0 unspecified atom stereocenters. The van der Waals surface area contributed by atoms with Crippen molar-refractivity contribution in [3.63, 3.8) is 0 Å². The summed E-state index contributed by atoms with van der Waals surface area (Å²) in [6.07, 6.45) is 1.75. The predicted octanol–water partition coefficient (Wildman–Crippen LogP) is 0.979. The first-order chi connectivity index (χ1) is 9.75. The smallest absolute Gasteiger partial charge is 0.251 e. The Bertz CT molecular complexity index is 599. The Hall–Kier alpha value is -1.60. The fraction of sp³-hybridized carbons (Fsp3) is 0.500. The number of nitrogens with one attached hydrogen (secondary N) is 1. The molecule has 0 saturated heterocycles. The van der Waals surface area contributed by atoms with Crippen molar-refractivity contribution in [3.05, 3.63) is 29.3 Å². The topological polar surface area (TPSA) is 92.5 Å². The number of aryl methyl sites for hydroxylation is 1. The van der Waals surface area contributed by atoms with Crippen LogP contribution in [0.25, 0.3) is 0 Å². The first-order valence-electron chi connectivity index (χ1n) is 6.85. The second-order valence-corrected chi connectivity index (χ2v) is 6.92. The highest BCUT2D eigenvalue weighted by atomic mass is 32.2. The van der Waals surface area contributed by atoms with Gasteiger partial charge in [-0.2, -0.15) is 0 Å². The molecule has 6 nitrogen and oxygen atoms in total. The number of anilines is 1. The number of rotatable bonds is 7. The van der Waals surface area contributed by atoms with Gasteiger partial charge in [0, 0.05) is 30.9 Å². The molecule has 0 fully saturated rings. The largest absolute Gasteiger partial charge is 0.399 e. The van der Waals surface area contributed by atoms with Crippen LogP contribution in [0.15, 0.2) is 18.2 Å². The third kappa shape index (κ3) is 5.35. The van der Waals surface area contributed by atoms with Gasteiger partial charge in [-0.25, -0.2) is 12.7 Å². The van der Waals surface area contributed by atoms with Crippen molar-refractivity contribution in [1.29, 1.82) is 0 Å². The Kier molecular flexibility index (Phi) is 6.17. The number of hydrogen-bond acceptors (Lipinski definition) is 4. The second-order valence-electron chi connectivity index (χ2n) is 4.94. The van der Waals surface area contributed by atoms with Gasteiger partial charge in [-0.3, -0.25) is 4.79 Å². The summed E-state index contributed by atoms with van der Waals surface area (Å²) in [4.78, 5) is 12.0. The summed E-state index contributed by atoms with van der Waals surface area (Å²) in [6, 6.07) is 5.18. The highest BCUT2D eigenvalue weighted by molar-refractivity contribution is 7.88. The van der Waals surface area contributed by atoms with Gasteiger partial charge < -0.3 is 11.1 Å². The van der Waals surface area contributed by atoms with E-state index in [0.29, 0.717) is 37.3 Å². The van der Waals surface area contributed by atoms with Crippen molar-refractivity contribution in [1.82, 2.24) is 9.62 Å². The second kappa shape index (κ2) is 7.42. The first-order valence-corrected chi connectivity index (χ1v) is 8.70. The number of benzene rings is 1. The maximum atomic E-state index is 12.0. The Balaban J connectivity index is 2.49. The minimum atomic E-state index is -3.18. The van der Waals surface area contributed by atoms with E-state index in [0.717, 1.165) is 5.56 Å². The van der Waals surface area contributed by atoms with Crippen LogP contribution in [0.4, 0.5) is 5.69 Å². The van der Waals surface area contributed by atoms with Gasteiger partial charge in [-0.05, 0) is 31.0 Å². The van der Waals surface area contributed by atoms with Crippen LogP contribution < -0.4 is 11.1 Å². The molecule has 0 aliphatic heterocycles. The molecule has 1 aromatic carbocycles. The van der Waals surface area contributed by atoms with Crippen LogP contribution in [0, 0.1) is 6.92 Å². The number of amides is 1. The molecule has 0 heterocycles. The summed E-state index contributed by atoms with van der Waals surface area (Å²) in [7, 11) is -3.18. The van der Waals surface area contributed by atoms with Gasteiger partial charge in [0.1, 0.15) is 0 Å². The van der Waals surface area contributed by atoms with Crippen LogP contribution in [-0.4, -0.2) is 44.5 Å². The van der Waals surface area contributed by atoms with Crippen LogP contribution in [0.1, 0.15) is 29.3 Å². The zero-order valence-electron chi connectivity index (χ0n) is 12.7. The highest BCUT2D eigenvalue weighted by Gasteiger charge is 2.14. The molecule has 0 bridgehead atoms. The third-order valence-electron chi connectivity index (χ3n) is 3.20.